The van der Waals surface area contributed by atoms with Gasteiger partial charge in [-0.05, 0) is 24.3 Å². The molecule has 1 aliphatic carbocycles. The minimum atomic E-state index is -1.14. The summed E-state index contributed by atoms with van der Waals surface area (Å²) in [4.78, 5) is 15.5. The molecule has 3 nitrogen and oxygen atoms in total. The molecular formula is C12H23NO2Si. The predicted molar refractivity (Wildman–Crippen MR) is 69.3 cm³/mol. The van der Waals surface area contributed by atoms with E-state index in [1.165, 1.54) is 19.8 Å². The second kappa shape index (κ2) is 5.12. The zero-order valence-corrected chi connectivity index (χ0v) is 12.0. The number of oxime groups is 1. The van der Waals surface area contributed by atoms with Crippen molar-refractivity contribution in [2.75, 3.05) is 0 Å². The Morgan fingerprint density at radius 3 is 2.56 bits per heavy atom. The largest absolute Gasteiger partial charge is 0.331 e. The van der Waals surface area contributed by atoms with Crippen molar-refractivity contribution < 1.29 is 9.63 Å². The molecule has 1 saturated carbocycles. The minimum absolute atomic E-state index is 0.324. The average molecular weight is 241 g/mol. The lowest BCUT2D eigenvalue weighted by molar-refractivity contribution is -0.141. The van der Waals surface area contributed by atoms with E-state index in [0.29, 0.717) is 5.92 Å². The van der Waals surface area contributed by atoms with Crippen LogP contribution < -0.4 is 0 Å². The number of hydrogen-bond donors (Lipinski definition) is 0. The fourth-order valence-electron chi connectivity index (χ4n) is 2.65. The monoisotopic (exact) mass is 241 g/mol. The molecule has 1 fully saturated rings. The van der Waals surface area contributed by atoms with Crippen LogP contribution in [0.15, 0.2) is 5.16 Å². The van der Waals surface area contributed by atoms with Crippen LogP contribution in [0.5, 0.6) is 0 Å². The highest BCUT2D eigenvalue weighted by atomic mass is 28.3. The van der Waals surface area contributed by atoms with Crippen molar-refractivity contribution in [1.82, 2.24) is 0 Å². The van der Waals surface area contributed by atoms with Crippen LogP contribution in [0, 0.1) is 5.92 Å². The fourth-order valence-corrected chi connectivity index (χ4v) is 5.41. The number of carbonyl (C=O) groups is 1. The van der Waals surface area contributed by atoms with Gasteiger partial charge in [0.25, 0.3) is 0 Å². The molecule has 0 amide bonds. The summed E-state index contributed by atoms with van der Waals surface area (Å²) in [5.74, 6) is 0.148. The Bertz CT molecular complexity index is 294. The van der Waals surface area contributed by atoms with Crippen LogP contribution in [-0.4, -0.2) is 19.8 Å². The maximum absolute atomic E-state index is 10.8. The van der Waals surface area contributed by atoms with Gasteiger partial charge in [0.15, 0.2) is 0 Å². The van der Waals surface area contributed by atoms with Gasteiger partial charge in [0, 0.05) is 15.0 Å². The smallest absolute Gasteiger partial charge is 0.319 e. The second-order valence-electron chi connectivity index (χ2n) is 5.82. The van der Waals surface area contributed by atoms with Gasteiger partial charge >= 0.3 is 5.97 Å². The molecule has 16 heavy (non-hydrogen) atoms. The van der Waals surface area contributed by atoms with Crippen LogP contribution >= 0.6 is 0 Å². The van der Waals surface area contributed by atoms with Crippen molar-refractivity contribution in [2.24, 2.45) is 11.1 Å². The van der Waals surface area contributed by atoms with Gasteiger partial charge in [0.05, 0.1) is 5.71 Å². The van der Waals surface area contributed by atoms with E-state index in [1.54, 1.807) is 0 Å². The molecule has 92 valence electrons. The number of hydrogen-bond acceptors (Lipinski definition) is 3. The molecule has 0 aliphatic heterocycles. The second-order valence-corrected chi connectivity index (χ2v) is 11.3. The third-order valence-corrected chi connectivity index (χ3v) is 6.49. The number of rotatable bonds is 2. The van der Waals surface area contributed by atoms with E-state index < -0.39 is 8.07 Å². The Balaban J connectivity index is 2.75. The van der Waals surface area contributed by atoms with Crippen molar-refractivity contribution >= 4 is 19.8 Å². The molecule has 0 radical (unpaired) electrons. The summed E-state index contributed by atoms with van der Waals surface area (Å²) in [6.45, 7) is 10.8. The molecule has 0 bridgehead atoms. The lowest BCUT2D eigenvalue weighted by Gasteiger charge is -2.37. The van der Waals surface area contributed by atoms with E-state index in [-0.39, 0.29) is 5.97 Å². The van der Waals surface area contributed by atoms with Crippen LogP contribution in [0.2, 0.25) is 25.2 Å². The highest BCUT2D eigenvalue weighted by Gasteiger charge is 2.36. The van der Waals surface area contributed by atoms with Gasteiger partial charge in [-0.25, -0.2) is 4.79 Å². The van der Waals surface area contributed by atoms with Crippen molar-refractivity contribution in [3.05, 3.63) is 0 Å². The van der Waals surface area contributed by atoms with E-state index >= 15 is 0 Å². The molecular weight excluding hydrogens is 218 g/mol. The Kier molecular flexibility index (Phi) is 4.30. The zero-order chi connectivity index (χ0) is 12.3. The molecule has 0 spiro atoms. The van der Waals surface area contributed by atoms with E-state index in [9.17, 15) is 4.79 Å². The summed E-state index contributed by atoms with van der Waals surface area (Å²) < 4.78 is 0. The van der Waals surface area contributed by atoms with Crippen LogP contribution in [0.25, 0.3) is 0 Å². The molecule has 4 heteroatoms. The van der Waals surface area contributed by atoms with Gasteiger partial charge < -0.3 is 4.84 Å². The molecule has 0 aromatic carbocycles. The molecule has 0 aromatic rings. The quantitative estimate of drug-likeness (QED) is 0.422. The Hall–Kier alpha value is -0.643. The molecule has 0 N–H and O–H groups in total. The molecule has 0 heterocycles. The van der Waals surface area contributed by atoms with Gasteiger partial charge in [-0.1, -0.05) is 38.1 Å². The third kappa shape index (κ3) is 3.44. The molecule has 0 aromatic heterocycles. The lowest BCUT2D eigenvalue weighted by Crippen LogP contribution is -2.38. The fraction of sp³-hybridized carbons (Fsp3) is 0.833. The summed E-state index contributed by atoms with van der Waals surface area (Å²) >= 11 is 0. The maximum atomic E-state index is 10.8. The highest BCUT2D eigenvalue weighted by molar-refractivity contribution is 6.77. The normalized spacial score (nSPS) is 29.2. The first-order valence-corrected chi connectivity index (χ1v) is 9.64. The van der Waals surface area contributed by atoms with Crippen molar-refractivity contribution in [3.8, 4) is 0 Å². The first-order valence-electron chi connectivity index (χ1n) is 6.06. The van der Waals surface area contributed by atoms with Crippen molar-refractivity contribution in [1.29, 1.82) is 0 Å². The molecule has 0 unspecified atom stereocenters. The van der Waals surface area contributed by atoms with E-state index in [2.05, 4.69) is 31.7 Å². The summed E-state index contributed by atoms with van der Waals surface area (Å²) in [6, 6.07) is 0. The van der Waals surface area contributed by atoms with Gasteiger partial charge in [-0.2, -0.15) is 0 Å². The van der Waals surface area contributed by atoms with Crippen molar-refractivity contribution in [2.45, 2.75) is 58.3 Å². The molecule has 1 aliphatic rings. The van der Waals surface area contributed by atoms with Crippen LogP contribution in [0.3, 0.4) is 0 Å². The summed E-state index contributed by atoms with van der Waals surface area (Å²) in [5.41, 5.74) is 1.84. The number of carbonyl (C=O) groups excluding carboxylic acids is 1. The number of nitrogens with zero attached hydrogens (tertiary/aromatic N) is 1. The minimum Gasteiger partial charge on any atom is -0.319 e. The van der Waals surface area contributed by atoms with Crippen LogP contribution in [0.4, 0.5) is 0 Å². The molecule has 2 atom stereocenters. The Morgan fingerprint density at radius 2 is 2.06 bits per heavy atom. The molecule has 1 rings (SSSR count). The Labute approximate surface area is 99.3 Å². The summed E-state index contributed by atoms with van der Waals surface area (Å²) in [7, 11) is -1.14. The molecule has 0 saturated heterocycles. The SMILES string of the molecule is CC(=O)O/N=C1\CCC[C@H]([Si](C)(C)C)[C@H]1C. The first-order chi connectivity index (χ1) is 7.32. The topological polar surface area (TPSA) is 38.7 Å². The first kappa shape index (κ1) is 13.4. The Morgan fingerprint density at radius 1 is 1.44 bits per heavy atom. The van der Waals surface area contributed by atoms with Crippen LogP contribution in [-0.2, 0) is 9.63 Å². The van der Waals surface area contributed by atoms with Gasteiger partial charge in [0.1, 0.15) is 0 Å². The van der Waals surface area contributed by atoms with E-state index in [4.69, 9.17) is 4.84 Å². The zero-order valence-electron chi connectivity index (χ0n) is 11.0. The summed E-state index contributed by atoms with van der Waals surface area (Å²) in [6.07, 6.45) is 3.46. The summed E-state index contributed by atoms with van der Waals surface area (Å²) in [5, 5.41) is 4.02. The van der Waals surface area contributed by atoms with Gasteiger partial charge in [-0.3, -0.25) is 0 Å². The standard InChI is InChI=1S/C12H23NO2Si/c1-9-11(13-15-10(2)14)7-6-8-12(9)16(3,4)5/h9,12H,6-8H2,1-5H3/b13-11+/t9-,12-/m0/s1. The van der Waals surface area contributed by atoms with Gasteiger partial charge in [0.2, 0.25) is 0 Å². The predicted octanol–water partition coefficient (Wildman–Crippen LogP) is 3.43. The van der Waals surface area contributed by atoms with Crippen LogP contribution in [0.1, 0.15) is 33.1 Å². The van der Waals surface area contributed by atoms with E-state index in [1.807, 2.05) is 0 Å². The van der Waals surface area contributed by atoms with Gasteiger partial charge in [-0.15, -0.1) is 0 Å². The average Bonchev–Trinajstić information content (AvgIpc) is 2.14. The maximum Gasteiger partial charge on any atom is 0.331 e. The lowest BCUT2D eigenvalue weighted by atomic mass is 9.88. The third-order valence-electron chi connectivity index (χ3n) is 3.48. The van der Waals surface area contributed by atoms with Crippen molar-refractivity contribution in [3.63, 3.8) is 0 Å². The van der Waals surface area contributed by atoms with E-state index in [0.717, 1.165) is 17.7 Å². The highest BCUT2D eigenvalue weighted by Crippen LogP contribution is 2.40.